The Morgan fingerprint density at radius 2 is 1.77 bits per heavy atom. The van der Waals surface area contributed by atoms with Gasteiger partial charge in [-0.2, -0.15) is 13.8 Å². The summed E-state index contributed by atoms with van der Waals surface area (Å²) in [6.45, 7) is 0.584. The van der Waals surface area contributed by atoms with Crippen molar-refractivity contribution in [3.05, 3.63) is 67.0 Å². The van der Waals surface area contributed by atoms with Crippen LogP contribution in [0.1, 0.15) is 0 Å². The predicted molar refractivity (Wildman–Crippen MR) is 128 cm³/mol. The van der Waals surface area contributed by atoms with Crippen molar-refractivity contribution in [2.24, 2.45) is 0 Å². The number of halogens is 2. The largest absolute Gasteiger partial charge is 0.433 e. The second-order valence-corrected chi connectivity index (χ2v) is 9.61. The van der Waals surface area contributed by atoms with E-state index in [1.54, 1.807) is 0 Å². The molecule has 0 saturated carbocycles. The maximum Gasteiger partial charge on any atom is 0.387 e. The molecule has 0 amide bonds. The van der Waals surface area contributed by atoms with Gasteiger partial charge in [-0.15, -0.1) is 0 Å². The van der Waals surface area contributed by atoms with Crippen LogP contribution >= 0.6 is 0 Å². The number of ether oxygens (including phenoxy) is 1. The maximum atomic E-state index is 13.3. The standard InChI is InChI=1S/C23H22F2N6O3S/c24-22(25)34-19-3-1-2-4-20(19)35(32,33)31-12-9-16-15-27-23(29-21(16)31)28-17-5-7-18(8-6-17)30-13-10-26-11-14-30/h1-9,12,15,22,26H,10-11,13-14H2,(H,27,28,29). The van der Waals surface area contributed by atoms with E-state index in [0.29, 0.717) is 5.39 Å². The van der Waals surface area contributed by atoms with Crippen LogP contribution in [0.15, 0.2) is 71.9 Å². The minimum absolute atomic E-state index is 0.104. The third-order valence-corrected chi connectivity index (χ3v) is 7.31. The van der Waals surface area contributed by atoms with Crippen molar-refractivity contribution in [2.45, 2.75) is 11.5 Å². The lowest BCUT2D eigenvalue weighted by molar-refractivity contribution is -0.0517. The van der Waals surface area contributed by atoms with Gasteiger partial charge in [0.2, 0.25) is 5.95 Å². The zero-order valence-electron chi connectivity index (χ0n) is 18.4. The van der Waals surface area contributed by atoms with Crippen molar-refractivity contribution in [3.8, 4) is 5.75 Å². The van der Waals surface area contributed by atoms with Gasteiger partial charge in [0.1, 0.15) is 10.6 Å². The van der Waals surface area contributed by atoms with Gasteiger partial charge in [-0.05, 0) is 42.5 Å². The lowest BCUT2D eigenvalue weighted by Crippen LogP contribution is -2.43. The number of anilines is 3. The summed E-state index contributed by atoms with van der Waals surface area (Å²) in [6, 6.07) is 14.6. The van der Waals surface area contributed by atoms with Crippen molar-refractivity contribution in [3.63, 3.8) is 0 Å². The number of benzene rings is 2. The van der Waals surface area contributed by atoms with Crippen LogP contribution in [0.5, 0.6) is 5.75 Å². The highest BCUT2D eigenvalue weighted by Gasteiger charge is 2.25. The molecule has 12 heteroatoms. The first kappa shape index (κ1) is 23.0. The molecule has 35 heavy (non-hydrogen) atoms. The predicted octanol–water partition coefficient (Wildman–Crippen LogP) is 3.42. The first-order chi connectivity index (χ1) is 16.9. The molecule has 0 spiro atoms. The third kappa shape index (κ3) is 4.75. The number of piperazine rings is 1. The summed E-state index contributed by atoms with van der Waals surface area (Å²) < 4.78 is 57.6. The number of nitrogens with one attached hydrogen (secondary N) is 2. The van der Waals surface area contributed by atoms with Gasteiger partial charge in [-0.3, -0.25) is 0 Å². The summed E-state index contributed by atoms with van der Waals surface area (Å²) in [6.07, 6.45) is 2.80. The fraction of sp³-hybridized carbons (Fsp3) is 0.217. The maximum absolute atomic E-state index is 13.3. The molecule has 2 N–H and O–H groups in total. The highest BCUT2D eigenvalue weighted by molar-refractivity contribution is 7.90. The second kappa shape index (κ2) is 9.47. The Bertz CT molecular complexity index is 1440. The molecule has 0 atom stereocenters. The monoisotopic (exact) mass is 500 g/mol. The molecule has 1 fully saturated rings. The van der Waals surface area contributed by atoms with Gasteiger partial charge in [0.05, 0.1) is 0 Å². The zero-order chi connectivity index (χ0) is 24.4. The highest BCUT2D eigenvalue weighted by Crippen LogP contribution is 2.29. The summed E-state index contributed by atoms with van der Waals surface area (Å²) >= 11 is 0. The van der Waals surface area contributed by atoms with Gasteiger partial charge in [0.15, 0.2) is 5.65 Å². The summed E-state index contributed by atoms with van der Waals surface area (Å²) in [5, 5.41) is 6.88. The van der Waals surface area contributed by atoms with E-state index in [4.69, 9.17) is 0 Å². The number of fused-ring (bicyclic) bond motifs is 1. The molecule has 0 unspecified atom stereocenters. The third-order valence-electron chi connectivity index (χ3n) is 5.60. The van der Waals surface area contributed by atoms with Crippen LogP contribution in [0, 0.1) is 0 Å². The molecule has 182 valence electrons. The highest BCUT2D eigenvalue weighted by atomic mass is 32.2. The Balaban J connectivity index is 1.43. The van der Waals surface area contributed by atoms with Crippen molar-refractivity contribution >= 4 is 38.4 Å². The summed E-state index contributed by atoms with van der Waals surface area (Å²) in [5.41, 5.74) is 1.95. The molecule has 5 rings (SSSR count). The molecule has 3 heterocycles. The van der Waals surface area contributed by atoms with Crippen LogP contribution < -0.4 is 20.3 Å². The van der Waals surface area contributed by atoms with E-state index in [0.717, 1.165) is 41.5 Å². The summed E-state index contributed by atoms with van der Waals surface area (Å²) in [4.78, 5) is 10.5. The Kier molecular flexibility index (Phi) is 6.22. The normalized spacial score (nSPS) is 14.4. The zero-order valence-corrected chi connectivity index (χ0v) is 19.3. The van der Waals surface area contributed by atoms with Gasteiger partial charge in [0.25, 0.3) is 10.0 Å². The molecule has 9 nitrogen and oxygen atoms in total. The molecule has 0 aliphatic carbocycles. The van der Waals surface area contributed by atoms with Crippen LogP contribution in [-0.4, -0.2) is 55.1 Å². The van der Waals surface area contributed by atoms with E-state index in [-0.39, 0.29) is 11.6 Å². The number of para-hydroxylation sites is 1. The van der Waals surface area contributed by atoms with Gasteiger partial charge >= 0.3 is 6.61 Å². The lowest BCUT2D eigenvalue weighted by atomic mass is 10.2. The van der Waals surface area contributed by atoms with Crippen LogP contribution in [0.25, 0.3) is 11.0 Å². The summed E-state index contributed by atoms with van der Waals surface area (Å²) in [7, 11) is -4.28. The topological polar surface area (TPSA) is 101 Å². The quantitative estimate of drug-likeness (QED) is 0.398. The second-order valence-electron chi connectivity index (χ2n) is 7.82. The van der Waals surface area contributed by atoms with Crippen LogP contribution in [0.2, 0.25) is 0 Å². The van der Waals surface area contributed by atoms with Crippen molar-refractivity contribution in [1.29, 1.82) is 0 Å². The lowest BCUT2D eigenvalue weighted by Gasteiger charge is -2.29. The van der Waals surface area contributed by atoms with Crippen molar-refractivity contribution in [1.82, 2.24) is 19.3 Å². The van der Waals surface area contributed by atoms with E-state index in [9.17, 15) is 17.2 Å². The SMILES string of the molecule is O=S(=O)(c1ccccc1OC(F)F)n1ccc2cnc(Nc3ccc(N4CCNCC4)cc3)nc21. The average Bonchev–Trinajstić information content (AvgIpc) is 3.29. The van der Waals surface area contributed by atoms with E-state index in [1.165, 1.54) is 42.7 Å². The van der Waals surface area contributed by atoms with E-state index in [1.807, 2.05) is 24.3 Å². The molecular formula is C23H22F2N6O3S. The molecule has 1 aliphatic heterocycles. The molecule has 1 saturated heterocycles. The van der Waals surface area contributed by atoms with Gasteiger partial charge < -0.3 is 20.3 Å². The number of alkyl halides is 2. The number of aromatic nitrogens is 3. The Hall–Kier alpha value is -3.77. The summed E-state index contributed by atoms with van der Waals surface area (Å²) in [5.74, 6) is -0.249. The van der Waals surface area contributed by atoms with E-state index < -0.39 is 27.3 Å². The average molecular weight is 501 g/mol. The molecule has 4 aromatic rings. The fourth-order valence-electron chi connectivity index (χ4n) is 3.92. The Labute approximate surface area is 200 Å². The smallest absolute Gasteiger partial charge is 0.387 e. The molecule has 2 aromatic carbocycles. The first-order valence-corrected chi connectivity index (χ1v) is 12.3. The molecule has 2 aromatic heterocycles. The fourth-order valence-corrected chi connectivity index (χ4v) is 5.35. The van der Waals surface area contributed by atoms with Crippen LogP contribution in [0.4, 0.5) is 26.1 Å². The van der Waals surface area contributed by atoms with Gasteiger partial charge in [0, 0.05) is 55.3 Å². The number of hydrogen-bond acceptors (Lipinski definition) is 8. The van der Waals surface area contributed by atoms with Crippen molar-refractivity contribution < 1.29 is 21.9 Å². The number of hydrogen-bond donors (Lipinski definition) is 2. The molecular weight excluding hydrogens is 478 g/mol. The first-order valence-electron chi connectivity index (χ1n) is 10.9. The molecule has 0 bridgehead atoms. The Morgan fingerprint density at radius 3 is 2.51 bits per heavy atom. The number of rotatable bonds is 7. The Morgan fingerprint density at radius 1 is 1.03 bits per heavy atom. The van der Waals surface area contributed by atoms with E-state index in [2.05, 4.69) is 30.2 Å². The van der Waals surface area contributed by atoms with Gasteiger partial charge in [-0.25, -0.2) is 17.4 Å². The number of nitrogens with zero attached hydrogens (tertiary/aromatic N) is 4. The minimum Gasteiger partial charge on any atom is -0.433 e. The van der Waals surface area contributed by atoms with Crippen LogP contribution in [0.3, 0.4) is 0 Å². The molecule has 1 aliphatic rings. The van der Waals surface area contributed by atoms with Crippen molar-refractivity contribution in [2.75, 3.05) is 36.4 Å². The van der Waals surface area contributed by atoms with E-state index >= 15 is 0 Å². The molecule has 0 radical (unpaired) electrons. The van der Waals surface area contributed by atoms with Crippen LogP contribution in [-0.2, 0) is 10.0 Å². The van der Waals surface area contributed by atoms with Gasteiger partial charge in [-0.1, -0.05) is 12.1 Å². The minimum atomic E-state index is -4.28.